The lowest BCUT2D eigenvalue weighted by Crippen LogP contribution is -2.48. The van der Waals surface area contributed by atoms with Gasteiger partial charge in [-0.1, -0.05) is 18.9 Å². The van der Waals surface area contributed by atoms with Gasteiger partial charge in [0.2, 0.25) is 0 Å². The molecule has 3 rings (SSSR count). The van der Waals surface area contributed by atoms with Crippen molar-refractivity contribution >= 4 is 11.7 Å². The molecule has 0 spiro atoms. The van der Waals surface area contributed by atoms with Crippen molar-refractivity contribution in [2.75, 3.05) is 11.4 Å². The van der Waals surface area contributed by atoms with E-state index in [1.54, 1.807) is 6.07 Å². The van der Waals surface area contributed by atoms with Gasteiger partial charge in [-0.15, -0.1) is 0 Å². The Hall–Kier alpha value is -1.55. The highest BCUT2D eigenvalue weighted by molar-refractivity contribution is 5.91. The molecule has 1 aliphatic carbocycles. The lowest BCUT2D eigenvalue weighted by Gasteiger charge is -2.42. The molecule has 2 unspecified atom stereocenters. The van der Waals surface area contributed by atoms with E-state index in [1.165, 1.54) is 0 Å². The molecule has 20 heavy (non-hydrogen) atoms. The maximum atomic E-state index is 11.4. The second kappa shape index (κ2) is 5.44. The summed E-state index contributed by atoms with van der Waals surface area (Å²) in [6.45, 7) is 0.914. The van der Waals surface area contributed by atoms with Crippen LogP contribution in [0.25, 0.3) is 0 Å². The first kappa shape index (κ1) is 13.4. The quantitative estimate of drug-likeness (QED) is 0.870. The highest BCUT2D eigenvalue weighted by Crippen LogP contribution is 2.35. The van der Waals surface area contributed by atoms with E-state index in [9.17, 15) is 15.0 Å². The summed E-state index contributed by atoms with van der Waals surface area (Å²) in [6, 6.07) is 5.65. The number of carboxylic acids is 1. The van der Waals surface area contributed by atoms with E-state index < -0.39 is 5.97 Å². The van der Waals surface area contributed by atoms with Gasteiger partial charge >= 0.3 is 5.97 Å². The predicted octanol–water partition coefficient (Wildman–Crippen LogP) is 2.44. The van der Waals surface area contributed by atoms with Crippen LogP contribution in [0.15, 0.2) is 18.2 Å². The number of carboxylic acid groups (broad SMARTS) is 1. The number of rotatable bonds is 2. The molecule has 0 radical (unpaired) electrons. The molecule has 108 valence electrons. The van der Waals surface area contributed by atoms with Crippen molar-refractivity contribution in [1.29, 1.82) is 0 Å². The zero-order valence-corrected chi connectivity index (χ0v) is 11.6. The number of hydrogen-bond donors (Lipinski definition) is 2. The Labute approximate surface area is 119 Å². The van der Waals surface area contributed by atoms with Crippen LogP contribution in [0.2, 0.25) is 0 Å². The van der Waals surface area contributed by atoms with Gasteiger partial charge in [0, 0.05) is 12.2 Å². The number of anilines is 1. The van der Waals surface area contributed by atoms with Gasteiger partial charge in [-0.25, -0.2) is 4.79 Å². The first-order chi connectivity index (χ1) is 9.68. The number of aliphatic hydroxyl groups is 1. The summed E-state index contributed by atoms with van der Waals surface area (Å²) in [7, 11) is 0. The molecule has 1 aromatic rings. The highest BCUT2D eigenvalue weighted by Gasteiger charge is 2.32. The van der Waals surface area contributed by atoms with Crippen molar-refractivity contribution in [3.8, 4) is 0 Å². The molecule has 0 amide bonds. The average molecular weight is 275 g/mol. The van der Waals surface area contributed by atoms with Gasteiger partial charge in [0.05, 0.1) is 17.7 Å². The largest absolute Gasteiger partial charge is 0.478 e. The number of hydrogen-bond acceptors (Lipinski definition) is 3. The van der Waals surface area contributed by atoms with Gasteiger partial charge in [-0.3, -0.25) is 0 Å². The van der Waals surface area contributed by atoms with Crippen LogP contribution >= 0.6 is 0 Å². The van der Waals surface area contributed by atoms with Crippen LogP contribution in [0.5, 0.6) is 0 Å². The topological polar surface area (TPSA) is 60.8 Å². The van der Waals surface area contributed by atoms with E-state index in [-0.39, 0.29) is 12.1 Å². The van der Waals surface area contributed by atoms with Gasteiger partial charge in [0.15, 0.2) is 0 Å². The number of aliphatic hydroxyl groups excluding tert-OH is 1. The van der Waals surface area contributed by atoms with Crippen LogP contribution in [0, 0.1) is 0 Å². The molecule has 1 heterocycles. The van der Waals surface area contributed by atoms with Crippen molar-refractivity contribution in [1.82, 2.24) is 0 Å². The van der Waals surface area contributed by atoms with Gasteiger partial charge in [0.25, 0.3) is 0 Å². The Morgan fingerprint density at radius 3 is 2.75 bits per heavy atom. The summed E-state index contributed by atoms with van der Waals surface area (Å²) >= 11 is 0. The Morgan fingerprint density at radius 2 is 2.00 bits per heavy atom. The molecule has 2 atom stereocenters. The van der Waals surface area contributed by atoms with Crippen molar-refractivity contribution in [2.45, 2.75) is 50.7 Å². The summed E-state index contributed by atoms with van der Waals surface area (Å²) in [6.07, 6.45) is 5.58. The minimum absolute atomic E-state index is 0.145. The molecule has 1 saturated carbocycles. The lowest BCUT2D eigenvalue weighted by atomic mass is 9.88. The van der Waals surface area contributed by atoms with Gasteiger partial charge in [-0.05, 0) is 43.4 Å². The Morgan fingerprint density at radius 1 is 1.20 bits per heavy atom. The second-order valence-electron chi connectivity index (χ2n) is 5.82. The summed E-state index contributed by atoms with van der Waals surface area (Å²) in [5, 5.41) is 19.6. The average Bonchev–Trinajstić information content (AvgIpc) is 2.46. The van der Waals surface area contributed by atoms with E-state index in [1.807, 2.05) is 12.1 Å². The maximum Gasteiger partial charge on any atom is 0.336 e. The van der Waals surface area contributed by atoms with Crippen LogP contribution < -0.4 is 4.90 Å². The van der Waals surface area contributed by atoms with Crippen molar-refractivity contribution in [2.24, 2.45) is 0 Å². The molecular weight excluding hydrogens is 254 g/mol. The SMILES string of the molecule is O=C(O)c1cccc2c1CCCN2C1CCCCC1O. The fourth-order valence-electron chi connectivity index (χ4n) is 3.65. The third-order valence-electron chi connectivity index (χ3n) is 4.61. The Balaban J connectivity index is 1.97. The molecule has 2 N–H and O–H groups in total. The van der Waals surface area contributed by atoms with E-state index in [0.29, 0.717) is 5.56 Å². The van der Waals surface area contributed by atoms with Gasteiger partial charge < -0.3 is 15.1 Å². The molecule has 1 fully saturated rings. The van der Waals surface area contributed by atoms with Crippen molar-refractivity contribution < 1.29 is 15.0 Å². The minimum atomic E-state index is -0.854. The van der Waals surface area contributed by atoms with Gasteiger partial charge in [-0.2, -0.15) is 0 Å². The maximum absolute atomic E-state index is 11.4. The number of fused-ring (bicyclic) bond motifs is 1. The molecule has 0 saturated heterocycles. The van der Waals surface area contributed by atoms with E-state index >= 15 is 0 Å². The fourth-order valence-corrected chi connectivity index (χ4v) is 3.65. The molecule has 1 aliphatic heterocycles. The lowest BCUT2D eigenvalue weighted by molar-refractivity contribution is 0.0695. The predicted molar refractivity (Wildman–Crippen MR) is 77.3 cm³/mol. The monoisotopic (exact) mass is 275 g/mol. The third-order valence-corrected chi connectivity index (χ3v) is 4.61. The molecule has 0 bridgehead atoms. The summed E-state index contributed by atoms with van der Waals surface area (Å²) in [5.74, 6) is -0.854. The fraction of sp³-hybridized carbons (Fsp3) is 0.562. The number of benzene rings is 1. The van der Waals surface area contributed by atoms with Crippen LogP contribution in [-0.2, 0) is 6.42 Å². The number of carbonyl (C=O) groups is 1. The van der Waals surface area contributed by atoms with Crippen molar-refractivity contribution in [3.05, 3.63) is 29.3 Å². The van der Waals surface area contributed by atoms with Gasteiger partial charge in [0.1, 0.15) is 0 Å². The molecule has 2 aliphatic rings. The van der Waals surface area contributed by atoms with E-state index in [0.717, 1.165) is 56.3 Å². The zero-order valence-electron chi connectivity index (χ0n) is 11.6. The minimum Gasteiger partial charge on any atom is -0.478 e. The molecule has 0 aromatic heterocycles. The Bertz CT molecular complexity index is 514. The second-order valence-corrected chi connectivity index (χ2v) is 5.82. The first-order valence-electron chi connectivity index (χ1n) is 7.48. The standard InChI is InChI=1S/C16H21NO3/c18-15-9-2-1-7-14(15)17-10-4-6-11-12(16(19)20)5-3-8-13(11)17/h3,5,8,14-15,18H,1-2,4,6-7,9-10H2,(H,19,20). The third kappa shape index (κ3) is 2.29. The van der Waals surface area contributed by atoms with Crippen LogP contribution in [0.1, 0.15) is 48.0 Å². The van der Waals surface area contributed by atoms with Crippen LogP contribution in [0.3, 0.4) is 0 Å². The smallest absolute Gasteiger partial charge is 0.336 e. The normalized spacial score (nSPS) is 26.1. The molecule has 4 nitrogen and oxygen atoms in total. The van der Waals surface area contributed by atoms with E-state index in [2.05, 4.69) is 4.90 Å². The number of nitrogens with zero attached hydrogens (tertiary/aromatic N) is 1. The summed E-state index contributed by atoms with van der Waals surface area (Å²) in [4.78, 5) is 13.6. The molecule has 4 heteroatoms. The summed E-state index contributed by atoms with van der Waals surface area (Å²) in [5.41, 5.74) is 2.36. The molecular formula is C16H21NO3. The van der Waals surface area contributed by atoms with E-state index in [4.69, 9.17) is 0 Å². The number of aromatic carboxylic acids is 1. The zero-order chi connectivity index (χ0) is 14.1. The van der Waals surface area contributed by atoms with Crippen LogP contribution in [0.4, 0.5) is 5.69 Å². The summed E-state index contributed by atoms with van der Waals surface area (Å²) < 4.78 is 0. The molecule has 1 aromatic carbocycles. The van der Waals surface area contributed by atoms with Crippen LogP contribution in [-0.4, -0.2) is 34.9 Å². The highest BCUT2D eigenvalue weighted by atomic mass is 16.4. The first-order valence-corrected chi connectivity index (χ1v) is 7.48. The van der Waals surface area contributed by atoms with Crippen molar-refractivity contribution in [3.63, 3.8) is 0 Å². The Kier molecular flexibility index (Phi) is 3.66.